The summed E-state index contributed by atoms with van der Waals surface area (Å²) in [5.41, 5.74) is 0. The van der Waals surface area contributed by atoms with Gasteiger partial charge in [0.25, 0.3) is 0 Å². The molecule has 0 rings (SSSR count). The third kappa shape index (κ3) is 9.36. The van der Waals surface area contributed by atoms with Crippen molar-refractivity contribution in [3.05, 3.63) is 0 Å². The minimum absolute atomic E-state index is 0.157. The van der Waals surface area contributed by atoms with E-state index in [1.807, 2.05) is 23.5 Å². The molecule has 0 aromatic rings. The molecule has 0 aromatic heterocycles. The average Bonchev–Trinajstić information content (AvgIpc) is 2.30. The van der Waals surface area contributed by atoms with Gasteiger partial charge in [0.15, 0.2) is 0 Å². The van der Waals surface area contributed by atoms with E-state index >= 15 is 0 Å². The van der Waals surface area contributed by atoms with E-state index in [4.69, 9.17) is 0 Å². The summed E-state index contributed by atoms with van der Waals surface area (Å²) in [6.07, 6.45) is 5.20. The molecule has 0 unspecified atom stereocenters. The van der Waals surface area contributed by atoms with Crippen LogP contribution in [-0.4, -0.2) is 61.0 Å². The van der Waals surface area contributed by atoms with E-state index in [0.717, 1.165) is 37.6 Å². The van der Waals surface area contributed by atoms with Gasteiger partial charge in [-0.25, -0.2) is 0 Å². The maximum absolute atomic E-state index is 11.6. The maximum atomic E-state index is 11.6. The Labute approximate surface area is 108 Å². The second kappa shape index (κ2) is 11.6. The van der Waals surface area contributed by atoms with Crippen molar-refractivity contribution < 1.29 is 4.79 Å². The molecule has 0 aliphatic carbocycles. The lowest BCUT2D eigenvalue weighted by Crippen LogP contribution is -2.39. The van der Waals surface area contributed by atoms with Gasteiger partial charge in [-0.1, -0.05) is 6.92 Å². The highest BCUT2D eigenvalue weighted by Gasteiger charge is 2.09. The molecule has 16 heavy (non-hydrogen) atoms. The van der Waals surface area contributed by atoms with Crippen LogP contribution >= 0.6 is 23.5 Å². The Kier molecular flexibility index (Phi) is 11.7. The van der Waals surface area contributed by atoms with Crippen molar-refractivity contribution >= 4 is 29.4 Å². The summed E-state index contributed by atoms with van der Waals surface area (Å²) in [4.78, 5) is 13.8. The van der Waals surface area contributed by atoms with E-state index in [1.165, 1.54) is 0 Å². The van der Waals surface area contributed by atoms with Crippen LogP contribution in [0.15, 0.2) is 0 Å². The molecule has 0 spiro atoms. The van der Waals surface area contributed by atoms with Crippen molar-refractivity contribution in [2.45, 2.75) is 13.3 Å². The normalized spacial score (nSPS) is 10.8. The molecule has 96 valence electrons. The first-order chi connectivity index (χ1) is 7.74. The third-order valence-electron chi connectivity index (χ3n) is 2.16. The van der Waals surface area contributed by atoms with Crippen molar-refractivity contribution in [2.24, 2.45) is 0 Å². The molecular formula is C11H24N2OS2. The van der Waals surface area contributed by atoms with Crippen LogP contribution in [0.1, 0.15) is 13.3 Å². The second-order valence-corrected chi connectivity index (χ2v) is 5.58. The summed E-state index contributed by atoms with van der Waals surface area (Å²) in [6.45, 7) is 5.40. The van der Waals surface area contributed by atoms with Crippen LogP contribution in [0.5, 0.6) is 0 Å². The van der Waals surface area contributed by atoms with Crippen molar-refractivity contribution in [1.29, 1.82) is 0 Å². The van der Waals surface area contributed by atoms with Crippen molar-refractivity contribution in [1.82, 2.24) is 10.2 Å². The molecular weight excluding hydrogens is 240 g/mol. The minimum Gasteiger partial charge on any atom is -0.355 e. The largest absolute Gasteiger partial charge is 0.355 e. The molecule has 0 heterocycles. The van der Waals surface area contributed by atoms with Crippen molar-refractivity contribution in [3.63, 3.8) is 0 Å². The van der Waals surface area contributed by atoms with Gasteiger partial charge in [-0.3, -0.25) is 9.69 Å². The Balaban J connectivity index is 3.82. The Bertz CT molecular complexity index is 171. The molecule has 0 fully saturated rings. The first-order valence-corrected chi connectivity index (χ1v) is 8.50. The van der Waals surface area contributed by atoms with Gasteiger partial charge >= 0.3 is 0 Å². The highest BCUT2D eigenvalue weighted by atomic mass is 32.2. The van der Waals surface area contributed by atoms with E-state index in [0.29, 0.717) is 6.54 Å². The fourth-order valence-corrected chi connectivity index (χ4v) is 2.12. The predicted octanol–water partition coefficient (Wildman–Crippen LogP) is 1.54. The average molecular weight is 264 g/mol. The molecule has 0 aliphatic rings. The molecule has 0 aromatic carbocycles. The second-order valence-electron chi connectivity index (χ2n) is 3.61. The van der Waals surface area contributed by atoms with Crippen LogP contribution < -0.4 is 5.32 Å². The number of nitrogens with zero attached hydrogens (tertiary/aromatic N) is 1. The molecule has 3 nitrogen and oxygen atoms in total. The summed E-state index contributed by atoms with van der Waals surface area (Å²) in [5.74, 6) is 2.34. The number of hydrogen-bond acceptors (Lipinski definition) is 4. The van der Waals surface area contributed by atoms with E-state index < -0.39 is 0 Å². The molecule has 0 bridgehead atoms. The fourth-order valence-electron chi connectivity index (χ4n) is 1.23. The zero-order valence-electron chi connectivity index (χ0n) is 10.6. The Morgan fingerprint density at radius 3 is 2.19 bits per heavy atom. The fraction of sp³-hybridized carbons (Fsp3) is 0.909. The summed E-state index contributed by atoms with van der Waals surface area (Å²) in [6, 6.07) is 0. The molecule has 0 saturated carbocycles. The molecule has 0 aliphatic heterocycles. The number of carbonyl (C=O) groups excluding carboxylic acids is 1. The number of thioether (sulfide) groups is 2. The van der Waals surface area contributed by atoms with Gasteiger partial charge in [-0.05, 0) is 18.9 Å². The minimum atomic E-state index is 0.157. The summed E-state index contributed by atoms with van der Waals surface area (Å²) >= 11 is 3.66. The Hall–Kier alpha value is 0.130. The zero-order valence-corrected chi connectivity index (χ0v) is 12.3. The third-order valence-corrected chi connectivity index (χ3v) is 3.34. The first kappa shape index (κ1) is 16.1. The standard InChI is InChI=1S/C11H24N2OS2/c1-4-5-12-11(14)10-13(6-8-15-2)7-9-16-3/h4-10H2,1-3H3,(H,12,14). The Morgan fingerprint density at radius 1 is 1.19 bits per heavy atom. The number of amides is 1. The van der Waals surface area contributed by atoms with E-state index in [2.05, 4.69) is 29.7 Å². The lowest BCUT2D eigenvalue weighted by atomic mass is 10.4. The molecule has 1 N–H and O–H groups in total. The van der Waals surface area contributed by atoms with Gasteiger partial charge in [-0.15, -0.1) is 0 Å². The number of carbonyl (C=O) groups is 1. The van der Waals surface area contributed by atoms with Crippen LogP contribution in [0.4, 0.5) is 0 Å². The highest BCUT2D eigenvalue weighted by molar-refractivity contribution is 7.98. The molecule has 5 heteroatoms. The smallest absolute Gasteiger partial charge is 0.234 e. The van der Waals surface area contributed by atoms with E-state index in [1.54, 1.807) is 0 Å². The molecule has 0 radical (unpaired) electrons. The number of nitrogens with one attached hydrogen (secondary N) is 1. The van der Waals surface area contributed by atoms with E-state index in [9.17, 15) is 4.79 Å². The lowest BCUT2D eigenvalue weighted by molar-refractivity contribution is -0.122. The van der Waals surface area contributed by atoms with Gasteiger partial charge < -0.3 is 5.32 Å². The van der Waals surface area contributed by atoms with Gasteiger partial charge in [0.1, 0.15) is 0 Å². The van der Waals surface area contributed by atoms with Gasteiger partial charge in [0.05, 0.1) is 6.54 Å². The summed E-state index contributed by atoms with van der Waals surface area (Å²) in [5, 5.41) is 2.92. The molecule has 0 atom stereocenters. The monoisotopic (exact) mass is 264 g/mol. The first-order valence-electron chi connectivity index (χ1n) is 5.71. The van der Waals surface area contributed by atoms with Crippen LogP contribution in [0.2, 0.25) is 0 Å². The van der Waals surface area contributed by atoms with Gasteiger partial charge in [-0.2, -0.15) is 23.5 Å². The van der Waals surface area contributed by atoms with Crippen LogP contribution in [-0.2, 0) is 4.79 Å². The number of hydrogen-bond donors (Lipinski definition) is 1. The maximum Gasteiger partial charge on any atom is 0.234 e. The number of rotatable bonds is 10. The van der Waals surface area contributed by atoms with Crippen LogP contribution in [0.3, 0.4) is 0 Å². The SMILES string of the molecule is CCCNC(=O)CN(CCSC)CCSC. The predicted molar refractivity (Wildman–Crippen MR) is 76.5 cm³/mol. The molecule has 0 saturated heterocycles. The van der Waals surface area contributed by atoms with Crippen LogP contribution in [0, 0.1) is 0 Å². The molecule has 1 amide bonds. The van der Waals surface area contributed by atoms with Gasteiger partial charge in [0, 0.05) is 31.1 Å². The van der Waals surface area contributed by atoms with Crippen molar-refractivity contribution in [2.75, 3.05) is 50.2 Å². The summed E-state index contributed by atoms with van der Waals surface area (Å²) in [7, 11) is 0. The topological polar surface area (TPSA) is 32.3 Å². The van der Waals surface area contributed by atoms with Crippen LogP contribution in [0.25, 0.3) is 0 Å². The van der Waals surface area contributed by atoms with E-state index in [-0.39, 0.29) is 5.91 Å². The zero-order chi connectivity index (χ0) is 12.2. The highest BCUT2D eigenvalue weighted by Crippen LogP contribution is 1.99. The van der Waals surface area contributed by atoms with Crippen molar-refractivity contribution in [3.8, 4) is 0 Å². The summed E-state index contributed by atoms with van der Waals surface area (Å²) < 4.78 is 0. The van der Waals surface area contributed by atoms with Gasteiger partial charge in [0.2, 0.25) is 5.91 Å². The lowest BCUT2D eigenvalue weighted by Gasteiger charge is -2.20. The Morgan fingerprint density at radius 2 is 1.75 bits per heavy atom. The quantitative estimate of drug-likeness (QED) is 0.649.